The number of carbonyl (C=O) groups excluding carboxylic acids is 1. The van der Waals surface area contributed by atoms with Crippen LogP contribution in [0.4, 0.5) is 5.69 Å². The number of rotatable bonds is 2. The van der Waals surface area contributed by atoms with Crippen LogP contribution in [0.15, 0.2) is 22.3 Å². The summed E-state index contributed by atoms with van der Waals surface area (Å²) < 4.78 is 5.90. The van der Waals surface area contributed by atoms with Crippen LogP contribution in [0.25, 0.3) is 10.7 Å². The molecule has 0 unspecified atom stereocenters. The number of anilines is 1. The minimum Gasteiger partial charge on any atom is -0.464 e. The van der Waals surface area contributed by atoms with Crippen molar-refractivity contribution in [2.24, 2.45) is 7.05 Å². The predicted octanol–water partition coefficient (Wildman–Crippen LogP) is 0.878. The van der Waals surface area contributed by atoms with Crippen molar-refractivity contribution in [3.8, 4) is 10.7 Å². The van der Waals surface area contributed by atoms with Gasteiger partial charge in [-0.3, -0.25) is 9.36 Å². The third-order valence-electron chi connectivity index (χ3n) is 2.43. The smallest absolute Gasteiger partial charge is 0.356 e. The minimum atomic E-state index is -0.649. The van der Waals surface area contributed by atoms with E-state index in [1.165, 1.54) is 23.0 Å². The fraction of sp³-hybridized carbons (Fsp3) is 0.182. The molecule has 0 aliphatic heterocycles. The standard InChI is InChI=1S/C11H11N3O3S/c1-14-8(15)5-7(11(16)17-2)13-10(14)9-6(12)3-4-18-9/h3-5H,12H2,1-2H3. The highest BCUT2D eigenvalue weighted by Gasteiger charge is 2.16. The molecule has 18 heavy (non-hydrogen) atoms. The number of aromatic nitrogens is 2. The summed E-state index contributed by atoms with van der Waals surface area (Å²) in [6.07, 6.45) is 0. The Hall–Kier alpha value is -2.15. The minimum absolute atomic E-state index is 0.0246. The molecule has 6 nitrogen and oxygen atoms in total. The summed E-state index contributed by atoms with van der Waals surface area (Å²) in [6.45, 7) is 0. The van der Waals surface area contributed by atoms with Crippen LogP contribution in [0.2, 0.25) is 0 Å². The Bertz CT molecular complexity index is 660. The number of ether oxygens (including phenoxy) is 1. The molecule has 0 bridgehead atoms. The van der Waals surface area contributed by atoms with Crippen LogP contribution in [-0.2, 0) is 11.8 Å². The van der Waals surface area contributed by atoms with Crippen LogP contribution >= 0.6 is 11.3 Å². The first-order chi connectivity index (χ1) is 8.54. The van der Waals surface area contributed by atoms with E-state index in [0.29, 0.717) is 16.4 Å². The second kappa shape index (κ2) is 4.61. The summed E-state index contributed by atoms with van der Waals surface area (Å²) >= 11 is 1.35. The normalized spacial score (nSPS) is 10.3. The fourth-order valence-corrected chi connectivity index (χ4v) is 2.30. The summed E-state index contributed by atoms with van der Waals surface area (Å²) in [5.41, 5.74) is 5.94. The summed E-state index contributed by atoms with van der Waals surface area (Å²) in [6, 6.07) is 2.86. The maximum atomic E-state index is 11.8. The number of hydrogen-bond donors (Lipinski definition) is 1. The van der Waals surface area contributed by atoms with E-state index in [0.717, 1.165) is 6.07 Å². The average molecular weight is 265 g/mol. The SMILES string of the molecule is COC(=O)c1cc(=O)n(C)c(-c2sccc2N)n1. The molecule has 0 aliphatic rings. The number of nitrogens with zero attached hydrogens (tertiary/aromatic N) is 2. The van der Waals surface area contributed by atoms with Crippen molar-refractivity contribution in [1.29, 1.82) is 0 Å². The second-order valence-corrected chi connectivity index (χ2v) is 4.48. The third-order valence-corrected chi connectivity index (χ3v) is 3.35. The van der Waals surface area contributed by atoms with E-state index in [-0.39, 0.29) is 11.3 Å². The second-order valence-electron chi connectivity index (χ2n) is 3.56. The van der Waals surface area contributed by atoms with Crippen molar-refractivity contribution < 1.29 is 9.53 Å². The fourth-order valence-electron chi connectivity index (χ4n) is 1.45. The van der Waals surface area contributed by atoms with Gasteiger partial charge in [0.15, 0.2) is 11.5 Å². The molecule has 0 radical (unpaired) electrons. The van der Waals surface area contributed by atoms with E-state index in [1.807, 2.05) is 0 Å². The lowest BCUT2D eigenvalue weighted by Crippen LogP contribution is -2.22. The lowest BCUT2D eigenvalue weighted by atomic mass is 10.3. The zero-order chi connectivity index (χ0) is 13.3. The van der Waals surface area contributed by atoms with E-state index >= 15 is 0 Å². The van der Waals surface area contributed by atoms with Gasteiger partial charge in [0, 0.05) is 13.1 Å². The van der Waals surface area contributed by atoms with E-state index in [1.54, 1.807) is 18.5 Å². The van der Waals surface area contributed by atoms with Crippen LogP contribution in [-0.4, -0.2) is 22.6 Å². The Morgan fingerprint density at radius 2 is 2.28 bits per heavy atom. The Balaban J connectivity index is 2.68. The highest BCUT2D eigenvalue weighted by atomic mass is 32.1. The van der Waals surface area contributed by atoms with Gasteiger partial charge in [0.2, 0.25) is 0 Å². The molecule has 0 saturated carbocycles. The molecule has 0 spiro atoms. The van der Waals surface area contributed by atoms with Crippen LogP contribution in [0.3, 0.4) is 0 Å². The van der Waals surface area contributed by atoms with Crippen molar-refractivity contribution in [3.05, 3.63) is 33.6 Å². The van der Waals surface area contributed by atoms with E-state index < -0.39 is 5.97 Å². The van der Waals surface area contributed by atoms with Crippen molar-refractivity contribution in [3.63, 3.8) is 0 Å². The van der Waals surface area contributed by atoms with Gasteiger partial charge in [-0.05, 0) is 11.4 Å². The first-order valence-corrected chi connectivity index (χ1v) is 5.92. The molecule has 2 N–H and O–H groups in total. The van der Waals surface area contributed by atoms with Crippen molar-refractivity contribution in [2.45, 2.75) is 0 Å². The number of hydrogen-bond acceptors (Lipinski definition) is 6. The number of esters is 1. The van der Waals surface area contributed by atoms with Gasteiger partial charge in [-0.15, -0.1) is 11.3 Å². The predicted molar refractivity (Wildman–Crippen MR) is 68.5 cm³/mol. The molecule has 0 saturated heterocycles. The van der Waals surface area contributed by atoms with Gasteiger partial charge in [-0.2, -0.15) is 0 Å². The lowest BCUT2D eigenvalue weighted by molar-refractivity contribution is 0.0593. The zero-order valence-corrected chi connectivity index (χ0v) is 10.7. The van der Waals surface area contributed by atoms with E-state index in [4.69, 9.17) is 5.73 Å². The maximum Gasteiger partial charge on any atom is 0.356 e. The number of nitrogens with two attached hydrogens (primary N) is 1. The Labute approximate surface area is 107 Å². The van der Waals surface area contributed by atoms with Crippen molar-refractivity contribution >= 4 is 23.0 Å². The molecule has 0 aromatic carbocycles. The number of methoxy groups -OCH3 is 1. The zero-order valence-electron chi connectivity index (χ0n) is 9.84. The maximum absolute atomic E-state index is 11.8. The molecular formula is C11H11N3O3S. The van der Waals surface area contributed by atoms with Gasteiger partial charge in [0.1, 0.15) is 0 Å². The van der Waals surface area contributed by atoms with Gasteiger partial charge in [0.05, 0.1) is 17.7 Å². The van der Waals surface area contributed by atoms with Crippen LogP contribution in [0.5, 0.6) is 0 Å². The van der Waals surface area contributed by atoms with Crippen LogP contribution < -0.4 is 11.3 Å². The highest BCUT2D eigenvalue weighted by Crippen LogP contribution is 2.29. The molecule has 2 aromatic heterocycles. The first-order valence-electron chi connectivity index (χ1n) is 5.04. The van der Waals surface area contributed by atoms with Crippen LogP contribution in [0.1, 0.15) is 10.5 Å². The highest BCUT2D eigenvalue weighted by molar-refractivity contribution is 7.14. The molecule has 7 heteroatoms. The van der Waals surface area contributed by atoms with Gasteiger partial charge in [-0.25, -0.2) is 9.78 Å². The quantitative estimate of drug-likeness (QED) is 0.814. The van der Waals surface area contributed by atoms with Crippen molar-refractivity contribution in [1.82, 2.24) is 9.55 Å². The van der Waals surface area contributed by atoms with Gasteiger partial charge >= 0.3 is 5.97 Å². The lowest BCUT2D eigenvalue weighted by Gasteiger charge is -2.07. The van der Waals surface area contributed by atoms with Gasteiger partial charge in [-0.1, -0.05) is 0 Å². The molecule has 0 aliphatic carbocycles. The molecule has 0 fully saturated rings. The molecule has 0 atom stereocenters. The molecule has 2 aromatic rings. The summed E-state index contributed by atoms with van der Waals surface area (Å²) in [5, 5.41) is 1.79. The topological polar surface area (TPSA) is 87.2 Å². The average Bonchev–Trinajstić information content (AvgIpc) is 2.77. The third kappa shape index (κ3) is 2.00. The Kier molecular flexibility index (Phi) is 3.15. The summed E-state index contributed by atoms with van der Waals surface area (Å²) in [4.78, 5) is 28.0. The van der Waals surface area contributed by atoms with Gasteiger partial charge < -0.3 is 10.5 Å². The molecular weight excluding hydrogens is 254 g/mol. The molecule has 94 valence electrons. The summed E-state index contributed by atoms with van der Waals surface area (Å²) in [5.74, 6) is -0.292. The summed E-state index contributed by atoms with van der Waals surface area (Å²) in [7, 11) is 2.81. The van der Waals surface area contributed by atoms with Gasteiger partial charge in [0.25, 0.3) is 5.56 Å². The molecule has 2 rings (SSSR count). The first kappa shape index (κ1) is 12.3. The number of nitrogen functional groups attached to an aromatic ring is 1. The van der Waals surface area contributed by atoms with Crippen molar-refractivity contribution in [2.75, 3.05) is 12.8 Å². The van der Waals surface area contributed by atoms with E-state index in [9.17, 15) is 9.59 Å². The Morgan fingerprint density at radius 1 is 1.56 bits per heavy atom. The number of thiophene rings is 1. The number of carbonyl (C=O) groups is 1. The largest absolute Gasteiger partial charge is 0.464 e. The molecule has 0 amide bonds. The monoisotopic (exact) mass is 265 g/mol. The van der Waals surface area contributed by atoms with E-state index in [2.05, 4.69) is 9.72 Å². The van der Waals surface area contributed by atoms with Crippen LogP contribution in [0, 0.1) is 0 Å². The molecule has 2 heterocycles. The Morgan fingerprint density at radius 3 is 2.83 bits per heavy atom.